The van der Waals surface area contributed by atoms with Crippen LogP contribution >= 0.6 is 0 Å². The van der Waals surface area contributed by atoms with Gasteiger partial charge in [-0.25, -0.2) is 4.79 Å². The molecule has 1 fully saturated rings. The molecule has 0 amide bonds. The SMILES string of the molecule is O=C(O)c1ccc(OCC[C@H]2CCCCN2)cc1. The summed E-state index contributed by atoms with van der Waals surface area (Å²) in [5, 5.41) is 12.2. The Labute approximate surface area is 107 Å². The third-order valence-corrected chi connectivity index (χ3v) is 3.25. The highest BCUT2D eigenvalue weighted by Crippen LogP contribution is 2.14. The van der Waals surface area contributed by atoms with Gasteiger partial charge in [0.05, 0.1) is 12.2 Å². The first-order valence-corrected chi connectivity index (χ1v) is 6.45. The van der Waals surface area contributed by atoms with Crippen molar-refractivity contribution in [2.24, 2.45) is 0 Å². The number of nitrogens with one attached hydrogen (secondary N) is 1. The Morgan fingerprint density at radius 3 is 2.72 bits per heavy atom. The highest BCUT2D eigenvalue weighted by atomic mass is 16.5. The van der Waals surface area contributed by atoms with Gasteiger partial charge in [0.1, 0.15) is 5.75 Å². The second-order valence-electron chi connectivity index (χ2n) is 4.61. The number of carboxylic acid groups (broad SMARTS) is 1. The maximum absolute atomic E-state index is 10.7. The molecule has 2 N–H and O–H groups in total. The number of piperidine rings is 1. The Bertz CT molecular complexity index is 383. The number of hydrogen-bond donors (Lipinski definition) is 2. The van der Waals surface area contributed by atoms with Crippen molar-refractivity contribution >= 4 is 5.97 Å². The molecule has 4 nitrogen and oxygen atoms in total. The first-order chi connectivity index (χ1) is 8.75. The summed E-state index contributed by atoms with van der Waals surface area (Å²) < 4.78 is 5.61. The second-order valence-corrected chi connectivity index (χ2v) is 4.61. The molecular weight excluding hydrogens is 230 g/mol. The Balaban J connectivity index is 1.74. The van der Waals surface area contributed by atoms with Gasteiger partial charge in [-0.15, -0.1) is 0 Å². The van der Waals surface area contributed by atoms with E-state index in [9.17, 15) is 4.79 Å². The molecule has 18 heavy (non-hydrogen) atoms. The lowest BCUT2D eigenvalue weighted by Crippen LogP contribution is -2.35. The summed E-state index contributed by atoms with van der Waals surface area (Å²) in [6, 6.07) is 7.11. The van der Waals surface area contributed by atoms with Crippen LogP contribution in [-0.2, 0) is 0 Å². The minimum atomic E-state index is -0.909. The second kappa shape index (κ2) is 6.40. The molecule has 0 aliphatic carbocycles. The van der Waals surface area contributed by atoms with E-state index < -0.39 is 5.97 Å². The van der Waals surface area contributed by atoms with Crippen LogP contribution in [0.4, 0.5) is 0 Å². The van der Waals surface area contributed by atoms with Crippen LogP contribution < -0.4 is 10.1 Å². The standard InChI is InChI=1S/C14H19NO3/c16-14(17)11-4-6-13(7-5-11)18-10-8-12-3-1-2-9-15-12/h4-7,12,15H,1-3,8-10H2,(H,16,17)/t12-/m1/s1. The zero-order valence-corrected chi connectivity index (χ0v) is 10.4. The number of aromatic carboxylic acids is 1. The summed E-state index contributed by atoms with van der Waals surface area (Å²) in [4.78, 5) is 10.7. The van der Waals surface area contributed by atoms with Gasteiger partial charge in [-0.2, -0.15) is 0 Å². The van der Waals surface area contributed by atoms with E-state index in [4.69, 9.17) is 9.84 Å². The third-order valence-electron chi connectivity index (χ3n) is 3.25. The van der Waals surface area contributed by atoms with Gasteiger partial charge in [0.2, 0.25) is 0 Å². The third kappa shape index (κ3) is 3.74. The molecule has 1 aliphatic heterocycles. The molecule has 0 aromatic heterocycles. The van der Waals surface area contributed by atoms with Crippen molar-refractivity contribution in [2.45, 2.75) is 31.7 Å². The maximum Gasteiger partial charge on any atom is 0.335 e. The number of ether oxygens (including phenoxy) is 1. The quantitative estimate of drug-likeness (QED) is 0.840. The summed E-state index contributed by atoms with van der Waals surface area (Å²) in [6.45, 7) is 1.78. The number of benzene rings is 1. The van der Waals surface area contributed by atoms with Crippen LogP contribution in [0.5, 0.6) is 5.75 Å². The summed E-state index contributed by atoms with van der Waals surface area (Å²) in [6.07, 6.45) is 4.79. The molecule has 1 saturated heterocycles. The van der Waals surface area contributed by atoms with Crippen molar-refractivity contribution in [1.82, 2.24) is 5.32 Å². The molecule has 0 unspecified atom stereocenters. The van der Waals surface area contributed by atoms with Gasteiger partial charge >= 0.3 is 5.97 Å². The molecule has 1 heterocycles. The van der Waals surface area contributed by atoms with E-state index in [1.165, 1.54) is 19.3 Å². The van der Waals surface area contributed by atoms with Crippen LogP contribution in [0, 0.1) is 0 Å². The van der Waals surface area contributed by atoms with Crippen molar-refractivity contribution in [1.29, 1.82) is 0 Å². The van der Waals surface area contributed by atoms with Crippen LogP contribution in [0.15, 0.2) is 24.3 Å². The number of hydrogen-bond acceptors (Lipinski definition) is 3. The lowest BCUT2D eigenvalue weighted by molar-refractivity contribution is 0.0697. The minimum absolute atomic E-state index is 0.288. The van der Waals surface area contributed by atoms with E-state index in [1.807, 2.05) is 0 Å². The molecule has 1 atom stereocenters. The van der Waals surface area contributed by atoms with E-state index in [-0.39, 0.29) is 5.56 Å². The minimum Gasteiger partial charge on any atom is -0.494 e. The number of carboxylic acids is 1. The number of carbonyl (C=O) groups is 1. The van der Waals surface area contributed by atoms with E-state index >= 15 is 0 Å². The molecule has 1 aliphatic rings. The molecular formula is C14H19NO3. The fourth-order valence-electron chi connectivity index (χ4n) is 2.18. The summed E-state index contributed by atoms with van der Waals surface area (Å²) in [7, 11) is 0. The van der Waals surface area contributed by atoms with Gasteiger partial charge in [-0.05, 0) is 50.1 Å². The van der Waals surface area contributed by atoms with Crippen LogP contribution in [0.25, 0.3) is 0 Å². The topological polar surface area (TPSA) is 58.6 Å². The molecule has 0 spiro atoms. The molecule has 4 heteroatoms. The summed E-state index contributed by atoms with van der Waals surface area (Å²) >= 11 is 0. The Morgan fingerprint density at radius 2 is 2.11 bits per heavy atom. The van der Waals surface area contributed by atoms with Crippen LogP contribution in [0.1, 0.15) is 36.0 Å². The van der Waals surface area contributed by atoms with Crippen molar-refractivity contribution in [3.8, 4) is 5.75 Å². The molecule has 0 bridgehead atoms. The van der Waals surface area contributed by atoms with Crippen LogP contribution in [0.2, 0.25) is 0 Å². The van der Waals surface area contributed by atoms with Crippen molar-refractivity contribution in [3.05, 3.63) is 29.8 Å². The molecule has 0 saturated carbocycles. The van der Waals surface area contributed by atoms with Crippen molar-refractivity contribution < 1.29 is 14.6 Å². The predicted octanol–water partition coefficient (Wildman–Crippen LogP) is 2.30. The largest absolute Gasteiger partial charge is 0.494 e. The van der Waals surface area contributed by atoms with Gasteiger partial charge in [0.25, 0.3) is 0 Å². The highest BCUT2D eigenvalue weighted by molar-refractivity contribution is 5.87. The maximum atomic E-state index is 10.7. The Kier molecular flexibility index (Phi) is 4.59. The number of rotatable bonds is 5. The van der Waals surface area contributed by atoms with Crippen LogP contribution in [0.3, 0.4) is 0 Å². The van der Waals surface area contributed by atoms with Crippen LogP contribution in [-0.4, -0.2) is 30.3 Å². The zero-order valence-electron chi connectivity index (χ0n) is 10.4. The fourth-order valence-corrected chi connectivity index (χ4v) is 2.18. The first kappa shape index (κ1) is 12.9. The van der Waals surface area contributed by atoms with Crippen molar-refractivity contribution in [3.63, 3.8) is 0 Å². The monoisotopic (exact) mass is 249 g/mol. The Morgan fingerprint density at radius 1 is 1.33 bits per heavy atom. The van der Waals surface area contributed by atoms with Gasteiger partial charge in [-0.3, -0.25) is 0 Å². The van der Waals surface area contributed by atoms with E-state index in [0.717, 1.165) is 18.7 Å². The molecule has 1 aromatic rings. The highest BCUT2D eigenvalue weighted by Gasteiger charge is 2.12. The first-order valence-electron chi connectivity index (χ1n) is 6.45. The lowest BCUT2D eigenvalue weighted by Gasteiger charge is -2.23. The average molecular weight is 249 g/mol. The van der Waals surface area contributed by atoms with Gasteiger partial charge in [0, 0.05) is 6.04 Å². The van der Waals surface area contributed by atoms with E-state index in [2.05, 4.69) is 5.32 Å². The molecule has 98 valence electrons. The molecule has 2 rings (SSSR count). The average Bonchev–Trinajstić information content (AvgIpc) is 2.40. The predicted molar refractivity (Wildman–Crippen MR) is 69.2 cm³/mol. The summed E-state index contributed by atoms with van der Waals surface area (Å²) in [5.74, 6) is -0.177. The van der Waals surface area contributed by atoms with E-state index in [1.54, 1.807) is 24.3 Å². The lowest BCUT2D eigenvalue weighted by atomic mass is 10.0. The molecule has 0 radical (unpaired) electrons. The smallest absolute Gasteiger partial charge is 0.335 e. The van der Waals surface area contributed by atoms with Crippen molar-refractivity contribution in [2.75, 3.05) is 13.2 Å². The molecule has 1 aromatic carbocycles. The zero-order chi connectivity index (χ0) is 12.8. The normalized spacial score (nSPS) is 19.4. The summed E-state index contributed by atoms with van der Waals surface area (Å²) in [5.41, 5.74) is 0.288. The fraction of sp³-hybridized carbons (Fsp3) is 0.500. The van der Waals surface area contributed by atoms with E-state index in [0.29, 0.717) is 12.6 Å². The van der Waals surface area contributed by atoms with Gasteiger partial charge < -0.3 is 15.2 Å². The Hall–Kier alpha value is -1.55. The van der Waals surface area contributed by atoms with Gasteiger partial charge in [0.15, 0.2) is 0 Å². The van der Waals surface area contributed by atoms with Gasteiger partial charge in [-0.1, -0.05) is 6.42 Å².